The highest BCUT2D eigenvalue weighted by molar-refractivity contribution is 5.85. The van der Waals surface area contributed by atoms with Gasteiger partial charge >= 0.3 is 0 Å². The maximum absolute atomic E-state index is 12.8. The van der Waals surface area contributed by atoms with Crippen molar-refractivity contribution in [1.29, 1.82) is 0 Å². The van der Waals surface area contributed by atoms with E-state index < -0.39 is 11.9 Å². The van der Waals surface area contributed by atoms with Crippen molar-refractivity contribution < 1.29 is 9.50 Å². The fraction of sp³-hybridized carbons (Fsp3) is 0.200. The van der Waals surface area contributed by atoms with Crippen LogP contribution in [0, 0.1) is 5.82 Å². The summed E-state index contributed by atoms with van der Waals surface area (Å²) in [5, 5.41) is 9.31. The number of nitrogens with two attached hydrogens (primary N) is 1. The van der Waals surface area contributed by atoms with E-state index in [1.807, 2.05) is 0 Å². The van der Waals surface area contributed by atoms with Gasteiger partial charge in [-0.25, -0.2) is 4.39 Å². The van der Waals surface area contributed by atoms with Crippen molar-refractivity contribution in [3.05, 3.63) is 42.2 Å². The van der Waals surface area contributed by atoms with Crippen LogP contribution in [0.2, 0.25) is 0 Å². The Bertz CT molecular complexity index is 317. The molecule has 0 aliphatic carbocycles. The van der Waals surface area contributed by atoms with Crippen molar-refractivity contribution in [2.75, 3.05) is 0 Å². The lowest BCUT2D eigenvalue weighted by molar-refractivity contribution is 0.420. The summed E-state index contributed by atoms with van der Waals surface area (Å²) in [7, 11) is 0. The van der Waals surface area contributed by atoms with Gasteiger partial charge < -0.3 is 10.8 Å². The van der Waals surface area contributed by atoms with Crippen LogP contribution >= 0.6 is 12.4 Å². The zero-order valence-corrected chi connectivity index (χ0v) is 8.43. The lowest BCUT2D eigenvalue weighted by atomic mass is 10.0. The average Bonchev–Trinajstić information content (AvgIpc) is 2.10. The predicted octanol–water partition coefficient (Wildman–Crippen LogP) is 2.53. The Morgan fingerprint density at radius 2 is 2.21 bits per heavy atom. The summed E-state index contributed by atoms with van der Waals surface area (Å²) in [6.45, 7) is 3.52. The predicted molar refractivity (Wildman–Crippen MR) is 57.1 cm³/mol. The molecule has 1 aromatic rings. The highest BCUT2D eigenvalue weighted by atomic mass is 35.5. The van der Waals surface area contributed by atoms with Crippen LogP contribution in [0.25, 0.3) is 0 Å². The van der Waals surface area contributed by atoms with Crippen LogP contribution in [0.3, 0.4) is 0 Å². The van der Waals surface area contributed by atoms with Crippen LogP contribution in [-0.2, 0) is 0 Å². The number of phenols is 1. The van der Waals surface area contributed by atoms with Crippen molar-refractivity contribution in [3.8, 4) is 5.75 Å². The third-order valence-corrected chi connectivity index (χ3v) is 1.84. The van der Waals surface area contributed by atoms with Crippen molar-refractivity contribution in [3.63, 3.8) is 0 Å². The van der Waals surface area contributed by atoms with Crippen molar-refractivity contribution >= 4 is 12.4 Å². The summed E-state index contributed by atoms with van der Waals surface area (Å²) in [6.07, 6.45) is 2.14. The molecule has 0 saturated carbocycles. The van der Waals surface area contributed by atoms with Gasteiger partial charge in [0.25, 0.3) is 0 Å². The zero-order valence-electron chi connectivity index (χ0n) is 7.61. The number of phenolic OH excluding ortho intramolecular Hbond substituents is 1. The molecular formula is C10H13ClFNO. The van der Waals surface area contributed by atoms with E-state index in [0.717, 1.165) is 0 Å². The number of hydrogen-bond acceptors (Lipinski definition) is 2. The van der Waals surface area contributed by atoms with E-state index in [-0.39, 0.29) is 18.2 Å². The summed E-state index contributed by atoms with van der Waals surface area (Å²) in [4.78, 5) is 0. The monoisotopic (exact) mass is 217 g/mol. The maximum atomic E-state index is 12.8. The first-order valence-corrected chi connectivity index (χ1v) is 4.00. The van der Waals surface area contributed by atoms with Crippen LogP contribution in [0.4, 0.5) is 4.39 Å². The number of halogens is 2. The molecule has 0 radical (unpaired) electrons. The molecule has 0 aliphatic heterocycles. The molecular weight excluding hydrogens is 205 g/mol. The average molecular weight is 218 g/mol. The lowest BCUT2D eigenvalue weighted by Crippen LogP contribution is -2.09. The molecule has 0 fully saturated rings. The number of para-hydroxylation sites is 1. The van der Waals surface area contributed by atoms with E-state index in [4.69, 9.17) is 5.73 Å². The van der Waals surface area contributed by atoms with Gasteiger partial charge in [0.2, 0.25) is 0 Å². The van der Waals surface area contributed by atoms with E-state index in [9.17, 15) is 9.50 Å². The number of hydrogen-bond donors (Lipinski definition) is 2. The quantitative estimate of drug-likeness (QED) is 0.765. The smallest absolute Gasteiger partial charge is 0.165 e. The topological polar surface area (TPSA) is 46.2 Å². The summed E-state index contributed by atoms with van der Waals surface area (Å²) < 4.78 is 12.8. The molecule has 1 rings (SSSR count). The maximum Gasteiger partial charge on any atom is 0.165 e. The number of rotatable bonds is 3. The van der Waals surface area contributed by atoms with Gasteiger partial charge in [0.05, 0.1) is 0 Å². The normalized spacial score (nSPS) is 11.6. The van der Waals surface area contributed by atoms with Crippen molar-refractivity contribution in [2.45, 2.75) is 12.5 Å². The first-order valence-electron chi connectivity index (χ1n) is 4.00. The van der Waals surface area contributed by atoms with Crippen molar-refractivity contribution in [1.82, 2.24) is 0 Å². The third-order valence-electron chi connectivity index (χ3n) is 1.84. The molecule has 2 nitrogen and oxygen atoms in total. The van der Waals surface area contributed by atoms with Crippen LogP contribution < -0.4 is 5.73 Å². The van der Waals surface area contributed by atoms with Gasteiger partial charge in [-0.1, -0.05) is 18.2 Å². The summed E-state index contributed by atoms with van der Waals surface area (Å²) in [5.41, 5.74) is 6.09. The molecule has 1 atom stereocenters. The minimum absolute atomic E-state index is 0. The summed E-state index contributed by atoms with van der Waals surface area (Å²) in [5.74, 6) is -1.01. The Balaban J connectivity index is 0.00000169. The molecule has 0 aromatic heterocycles. The summed E-state index contributed by atoms with van der Waals surface area (Å²) in [6, 6.07) is 3.92. The molecule has 0 heterocycles. The molecule has 0 bridgehead atoms. The largest absolute Gasteiger partial charge is 0.505 e. The van der Waals surface area contributed by atoms with Gasteiger partial charge in [0.15, 0.2) is 11.6 Å². The van der Waals surface area contributed by atoms with E-state index in [0.29, 0.717) is 12.0 Å². The van der Waals surface area contributed by atoms with Gasteiger partial charge in [0, 0.05) is 11.6 Å². The highest BCUT2D eigenvalue weighted by Crippen LogP contribution is 2.27. The van der Waals surface area contributed by atoms with E-state index in [1.165, 1.54) is 12.1 Å². The SMILES string of the molecule is C=CC[C@@H](N)c1cccc(F)c1O.Cl. The molecule has 1 aromatic carbocycles. The van der Waals surface area contributed by atoms with Gasteiger partial charge in [0.1, 0.15) is 0 Å². The first kappa shape index (κ1) is 12.9. The molecule has 0 amide bonds. The molecule has 78 valence electrons. The van der Waals surface area contributed by atoms with Crippen LogP contribution in [0.5, 0.6) is 5.75 Å². The Morgan fingerprint density at radius 1 is 1.57 bits per heavy atom. The van der Waals surface area contributed by atoms with E-state index in [2.05, 4.69) is 6.58 Å². The Labute approximate surface area is 88.7 Å². The second-order valence-electron chi connectivity index (χ2n) is 2.81. The molecule has 0 saturated heterocycles. The standard InChI is InChI=1S/C10H12FNO.ClH/c1-2-4-9(12)7-5-3-6-8(11)10(7)13;/h2-3,5-6,9,13H,1,4,12H2;1H/t9-;/m1./s1. The van der Waals surface area contributed by atoms with Crippen molar-refractivity contribution in [2.24, 2.45) is 5.73 Å². The van der Waals surface area contributed by atoms with Gasteiger partial charge in [-0.05, 0) is 12.5 Å². The fourth-order valence-electron chi connectivity index (χ4n) is 1.14. The van der Waals surface area contributed by atoms with E-state index in [1.54, 1.807) is 12.1 Å². The Morgan fingerprint density at radius 3 is 2.79 bits per heavy atom. The highest BCUT2D eigenvalue weighted by Gasteiger charge is 2.11. The second kappa shape index (κ2) is 5.62. The molecule has 4 heteroatoms. The molecule has 0 unspecified atom stereocenters. The number of benzene rings is 1. The molecule has 3 N–H and O–H groups in total. The minimum Gasteiger partial charge on any atom is -0.505 e. The minimum atomic E-state index is -0.642. The van der Waals surface area contributed by atoms with Crippen LogP contribution in [0.1, 0.15) is 18.0 Å². The second-order valence-corrected chi connectivity index (χ2v) is 2.81. The molecule has 0 spiro atoms. The van der Waals surface area contributed by atoms with Crippen LogP contribution in [-0.4, -0.2) is 5.11 Å². The fourth-order valence-corrected chi connectivity index (χ4v) is 1.14. The Kier molecular flexibility index (Phi) is 5.20. The van der Waals surface area contributed by atoms with E-state index >= 15 is 0 Å². The lowest BCUT2D eigenvalue weighted by Gasteiger charge is -2.11. The molecule has 0 aliphatic rings. The third kappa shape index (κ3) is 2.72. The summed E-state index contributed by atoms with van der Waals surface area (Å²) >= 11 is 0. The molecule has 14 heavy (non-hydrogen) atoms. The Hall–Kier alpha value is -1.06. The number of aromatic hydroxyl groups is 1. The van der Waals surface area contributed by atoms with Crippen LogP contribution in [0.15, 0.2) is 30.9 Å². The van der Waals surface area contributed by atoms with Gasteiger partial charge in [-0.15, -0.1) is 19.0 Å². The van der Waals surface area contributed by atoms with Gasteiger partial charge in [-0.2, -0.15) is 0 Å². The zero-order chi connectivity index (χ0) is 9.84. The first-order chi connectivity index (χ1) is 6.16. The van der Waals surface area contributed by atoms with Gasteiger partial charge in [-0.3, -0.25) is 0 Å².